The highest BCUT2D eigenvalue weighted by Gasteiger charge is 2.26. The van der Waals surface area contributed by atoms with Crippen LogP contribution in [0.3, 0.4) is 0 Å². The summed E-state index contributed by atoms with van der Waals surface area (Å²) < 4.78 is 4.93. The molecule has 0 saturated carbocycles. The van der Waals surface area contributed by atoms with E-state index in [2.05, 4.69) is 0 Å². The Morgan fingerprint density at radius 2 is 2.22 bits per heavy atom. The zero-order valence-corrected chi connectivity index (χ0v) is 5.45. The first-order valence-corrected chi connectivity index (χ1v) is 3.21. The van der Waals surface area contributed by atoms with Crippen molar-refractivity contribution in [3.63, 3.8) is 0 Å². The second-order valence-corrected chi connectivity index (χ2v) is 2.45. The number of aliphatic hydroxyl groups is 2. The van der Waals surface area contributed by atoms with Crippen molar-refractivity contribution in [2.75, 3.05) is 0 Å². The van der Waals surface area contributed by atoms with Crippen LogP contribution in [-0.2, 0) is 4.74 Å². The van der Waals surface area contributed by atoms with E-state index in [1.165, 1.54) is 0 Å². The van der Waals surface area contributed by atoms with Crippen molar-refractivity contribution in [3.05, 3.63) is 0 Å². The molecule has 0 aromatic carbocycles. The van der Waals surface area contributed by atoms with Crippen LogP contribution in [0.2, 0.25) is 0 Å². The highest BCUT2D eigenvalue weighted by molar-refractivity contribution is 4.71. The molecule has 2 N–H and O–H groups in total. The SMILES string of the molecule is C[C@H](O)[C@@H]1CC[C@H](O)O1. The first-order chi connectivity index (χ1) is 4.20. The summed E-state index contributed by atoms with van der Waals surface area (Å²) in [5.74, 6) is 0. The van der Waals surface area contributed by atoms with Crippen molar-refractivity contribution < 1.29 is 14.9 Å². The molecule has 9 heavy (non-hydrogen) atoms. The Morgan fingerprint density at radius 3 is 2.44 bits per heavy atom. The molecule has 1 fully saturated rings. The first-order valence-electron chi connectivity index (χ1n) is 3.21. The van der Waals surface area contributed by atoms with Gasteiger partial charge in [0, 0.05) is 6.42 Å². The Kier molecular flexibility index (Phi) is 2.05. The third-order valence-electron chi connectivity index (χ3n) is 1.57. The first kappa shape index (κ1) is 6.99. The minimum atomic E-state index is -0.649. The Balaban J connectivity index is 2.30. The van der Waals surface area contributed by atoms with Crippen molar-refractivity contribution in [2.24, 2.45) is 0 Å². The maximum atomic E-state index is 8.93. The van der Waals surface area contributed by atoms with E-state index in [0.717, 1.165) is 6.42 Å². The molecule has 0 radical (unpaired) electrons. The molecule has 54 valence electrons. The molecule has 0 aliphatic carbocycles. The van der Waals surface area contributed by atoms with E-state index in [-0.39, 0.29) is 6.10 Å². The van der Waals surface area contributed by atoms with Gasteiger partial charge in [-0.25, -0.2) is 0 Å². The van der Waals surface area contributed by atoms with Gasteiger partial charge in [0.2, 0.25) is 0 Å². The monoisotopic (exact) mass is 132 g/mol. The molecule has 0 amide bonds. The van der Waals surface area contributed by atoms with Gasteiger partial charge in [0.25, 0.3) is 0 Å². The van der Waals surface area contributed by atoms with Crippen LogP contribution in [0.15, 0.2) is 0 Å². The van der Waals surface area contributed by atoms with Crippen LogP contribution < -0.4 is 0 Å². The molecule has 3 atom stereocenters. The second kappa shape index (κ2) is 2.64. The fraction of sp³-hybridized carbons (Fsp3) is 1.00. The Bertz CT molecular complexity index is 92.3. The highest BCUT2D eigenvalue weighted by Crippen LogP contribution is 2.19. The largest absolute Gasteiger partial charge is 0.391 e. The van der Waals surface area contributed by atoms with E-state index < -0.39 is 12.4 Å². The van der Waals surface area contributed by atoms with E-state index in [1.54, 1.807) is 6.92 Å². The van der Waals surface area contributed by atoms with E-state index in [0.29, 0.717) is 6.42 Å². The Labute approximate surface area is 54.3 Å². The summed E-state index contributed by atoms with van der Waals surface area (Å²) in [6.07, 6.45) is 0.153. The van der Waals surface area contributed by atoms with Crippen LogP contribution in [0.4, 0.5) is 0 Å². The van der Waals surface area contributed by atoms with Crippen molar-refractivity contribution in [3.8, 4) is 0 Å². The lowest BCUT2D eigenvalue weighted by Crippen LogP contribution is -2.22. The van der Waals surface area contributed by atoms with E-state index >= 15 is 0 Å². The zero-order valence-electron chi connectivity index (χ0n) is 5.45. The third kappa shape index (κ3) is 1.64. The van der Waals surface area contributed by atoms with Crippen LogP contribution in [-0.4, -0.2) is 28.7 Å². The van der Waals surface area contributed by atoms with Gasteiger partial charge in [-0.2, -0.15) is 0 Å². The van der Waals surface area contributed by atoms with Gasteiger partial charge in [0.1, 0.15) is 0 Å². The Morgan fingerprint density at radius 1 is 1.56 bits per heavy atom. The summed E-state index contributed by atoms with van der Waals surface area (Å²) in [5.41, 5.74) is 0. The maximum Gasteiger partial charge on any atom is 0.155 e. The molecule has 0 bridgehead atoms. The molecule has 0 aromatic rings. The minimum absolute atomic E-state index is 0.153. The fourth-order valence-corrected chi connectivity index (χ4v) is 1.000. The normalized spacial score (nSPS) is 39.0. The molecule has 1 heterocycles. The average molecular weight is 132 g/mol. The molecule has 1 rings (SSSR count). The van der Waals surface area contributed by atoms with Crippen molar-refractivity contribution in [1.29, 1.82) is 0 Å². The molecule has 0 spiro atoms. The number of hydrogen-bond acceptors (Lipinski definition) is 3. The summed E-state index contributed by atoms with van der Waals surface area (Å²) in [6, 6.07) is 0. The Hall–Kier alpha value is -0.120. The molecule has 1 aliphatic heterocycles. The average Bonchev–Trinajstić information content (AvgIpc) is 2.14. The predicted molar refractivity (Wildman–Crippen MR) is 31.8 cm³/mol. The van der Waals surface area contributed by atoms with Crippen LogP contribution in [0.5, 0.6) is 0 Å². The summed E-state index contributed by atoms with van der Waals surface area (Å²) >= 11 is 0. The van der Waals surface area contributed by atoms with Crippen LogP contribution >= 0.6 is 0 Å². The quantitative estimate of drug-likeness (QED) is 0.522. The van der Waals surface area contributed by atoms with Gasteiger partial charge in [0.15, 0.2) is 6.29 Å². The van der Waals surface area contributed by atoms with Gasteiger partial charge in [0.05, 0.1) is 12.2 Å². The number of ether oxygens (including phenoxy) is 1. The van der Waals surface area contributed by atoms with Gasteiger partial charge in [-0.3, -0.25) is 0 Å². The lowest BCUT2D eigenvalue weighted by Gasteiger charge is -2.12. The summed E-state index contributed by atoms with van der Waals surface area (Å²) in [7, 11) is 0. The number of aliphatic hydroxyl groups excluding tert-OH is 2. The van der Waals surface area contributed by atoms with Gasteiger partial charge >= 0.3 is 0 Å². The van der Waals surface area contributed by atoms with E-state index in [1.807, 2.05) is 0 Å². The molecular formula is C6H12O3. The van der Waals surface area contributed by atoms with Crippen LogP contribution in [0.25, 0.3) is 0 Å². The number of rotatable bonds is 1. The summed E-state index contributed by atoms with van der Waals surface area (Å²) in [6.45, 7) is 1.67. The van der Waals surface area contributed by atoms with Gasteiger partial charge in [-0.05, 0) is 13.3 Å². The van der Waals surface area contributed by atoms with Crippen molar-refractivity contribution >= 4 is 0 Å². The molecule has 0 aromatic heterocycles. The number of hydrogen-bond donors (Lipinski definition) is 2. The molecule has 1 saturated heterocycles. The third-order valence-corrected chi connectivity index (χ3v) is 1.57. The van der Waals surface area contributed by atoms with Crippen LogP contribution in [0.1, 0.15) is 19.8 Å². The molecular weight excluding hydrogens is 120 g/mol. The molecule has 3 nitrogen and oxygen atoms in total. The fourth-order valence-electron chi connectivity index (χ4n) is 1.000. The topological polar surface area (TPSA) is 49.7 Å². The zero-order chi connectivity index (χ0) is 6.85. The summed E-state index contributed by atoms with van der Waals surface area (Å²) in [4.78, 5) is 0. The minimum Gasteiger partial charge on any atom is -0.391 e. The van der Waals surface area contributed by atoms with Gasteiger partial charge < -0.3 is 14.9 Å². The van der Waals surface area contributed by atoms with Gasteiger partial charge in [-0.1, -0.05) is 0 Å². The maximum absolute atomic E-state index is 8.93. The molecule has 1 aliphatic rings. The lowest BCUT2D eigenvalue weighted by molar-refractivity contribution is -0.117. The standard InChI is InChI=1S/C6H12O3/c1-4(7)5-2-3-6(8)9-5/h4-8H,2-3H2,1H3/t4-,5-,6+/m0/s1. The predicted octanol–water partition coefficient (Wildman–Crippen LogP) is -0.135. The van der Waals surface area contributed by atoms with E-state index in [9.17, 15) is 0 Å². The molecule has 0 unspecified atom stereocenters. The van der Waals surface area contributed by atoms with E-state index in [4.69, 9.17) is 14.9 Å². The molecule has 3 heteroatoms. The summed E-state index contributed by atoms with van der Waals surface area (Å²) in [5, 5.41) is 17.7. The van der Waals surface area contributed by atoms with Crippen molar-refractivity contribution in [2.45, 2.75) is 38.3 Å². The van der Waals surface area contributed by atoms with Crippen molar-refractivity contribution in [1.82, 2.24) is 0 Å². The highest BCUT2D eigenvalue weighted by atomic mass is 16.6. The van der Waals surface area contributed by atoms with Gasteiger partial charge in [-0.15, -0.1) is 0 Å². The smallest absolute Gasteiger partial charge is 0.155 e. The van der Waals surface area contributed by atoms with Crippen LogP contribution in [0, 0.1) is 0 Å². The lowest BCUT2D eigenvalue weighted by atomic mass is 10.1. The second-order valence-electron chi connectivity index (χ2n) is 2.45.